The Balaban J connectivity index is 1.24. The third-order valence-electron chi connectivity index (χ3n) is 6.86. The molecule has 5 N–H and O–H groups in total. The lowest BCUT2D eigenvalue weighted by molar-refractivity contribution is -0.0475. The summed E-state index contributed by atoms with van der Waals surface area (Å²) >= 11 is 0. The van der Waals surface area contributed by atoms with Gasteiger partial charge in [-0.05, 0) is 42.7 Å². The van der Waals surface area contributed by atoms with Crippen molar-refractivity contribution in [3.05, 3.63) is 83.3 Å². The average molecular weight is 533 g/mol. The fraction of sp³-hybridized carbons (Fsp3) is 0.286. The number of aromatic nitrogens is 3. The number of carbonyl (C=O) groups is 2. The number of Topliss-reactive ketones (excluding diaryl/α,β-unsaturated/α-hetero) is 1. The number of rotatable bonds is 9. The number of nitrogen functional groups attached to an aromatic ring is 1. The molecule has 1 aliphatic heterocycles. The number of imidazole rings is 1. The summed E-state index contributed by atoms with van der Waals surface area (Å²) in [6.07, 6.45) is -0.723. The van der Waals surface area contributed by atoms with E-state index in [9.17, 15) is 24.9 Å². The summed E-state index contributed by atoms with van der Waals surface area (Å²) in [5.74, 6) is -0.862. The number of fused-ring (bicyclic) bond motifs is 1. The molecule has 11 nitrogen and oxygen atoms in total. The van der Waals surface area contributed by atoms with Gasteiger partial charge < -0.3 is 30.5 Å². The van der Waals surface area contributed by atoms with Gasteiger partial charge >= 0.3 is 5.97 Å². The number of benzene rings is 2. The lowest BCUT2D eigenvalue weighted by Crippen LogP contribution is -2.34. The molecule has 2 aromatic heterocycles. The number of carbonyl (C=O) groups excluding carboxylic acids is 1. The maximum Gasteiger partial charge on any atom is 0.336 e. The number of hydrogen-bond acceptors (Lipinski definition) is 9. The molecule has 1 saturated heterocycles. The Bertz CT molecular complexity index is 1540. The van der Waals surface area contributed by atoms with Gasteiger partial charge in [0.1, 0.15) is 36.2 Å². The standard InChI is InChI=1S/C28H28N4O7/c1-15-6-7-16(8-9-20(33)17-4-2-3-5-18(17)28(36)37)12-21(15)38-13-22-24(34)25(35)27(39-22)32-14-31-23-19(29)10-11-30-26(23)32/h2-7,10-12,14,22,24-25,27,34-35H,8-9,13H2,1H3,(H2,29,30)(H,36,37)/t22-,24-,25-,27-/m1/s1. The smallest absolute Gasteiger partial charge is 0.336 e. The molecule has 0 bridgehead atoms. The number of pyridine rings is 1. The zero-order chi connectivity index (χ0) is 27.7. The van der Waals surface area contributed by atoms with Crippen LogP contribution in [0.15, 0.2) is 61.1 Å². The van der Waals surface area contributed by atoms with Crippen LogP contribution in [0.4, 0.5) is 5.69 Å². The number of aliphatic hydroxyl groups excluding tert-OH is 2. The van der Waals surface area contributed by atoms with Crippen LogP contribution >= 0.6 is 0 Å². The molecule has 202 valence electrons. The molecule has 11 heteroatoms. The van der Waals surface area contributed by atoms with Crippen molar-refractivity contribution in [2.45, 2.75) is 44.3 Å². The summed E-state index contributed by atoms with van der Waals surface area (Å²) in [6, 6.07) is 13.3. The van der Waals surface area contributed by atoms with Crippen LogP contribution in [0.25, 0.3) is 11.2 Å². The topological polar surface area (TPSA) is 170 Å². The van der Waals surface area contributed by atoms with Gasteiger partial charge in [0.15, 0.2) is 17.7 Å². The van der Waals surface area contributed by atoms with E-state index in [1.807, 2.05) is 19.1 Å². The first-order valence-electron chi connectivity index (χ1n) is 12.4. The molecule has 4 atom stereocenters. The minimum absolute atomic E-state index is 0.0195. The summed E-state index contributed by atoms with van der Waals surface area (Å²) in [5.41, 5.74) is 9.12. The van der Waals surface area contributed by atoms with Gasteiger partial charge in [-0.1, -0.05) is 30.3 Å². The van der Waals surface area contributed by atoms with Crippen molar-refractivity contribution in [3.63, 3.8) is 0 Å². The van der Waals surface area contributed by atoms with Crippen LogP contribution < -0.4 is 10.5 Å². The number of nitrogens with zero attached hydrogens (tertiary/aromatic N) is 3. The van der Waals surface area contributed by atoms with E-state index in [4.69, 9.17) is 15.2 Å². The minimum atomic E-state index is -1.24. The highest BCUT2D eigenvalue weighted by Gasteiger charge is 2.44. The Morgan fingerprint density at radius 1 is 1.08 bits per heavy atom. The highest BCUT2D eigenvalue weighted by molar-refractivity contribution is 6.05. The first-order chi connectivity index (χ1) is 18.7. The van der Waals surface area contributed by atoms with Crippen LogP contribution in [0.1, 0.15) is 44.5 Å². The molecule has 0 saturated carbocycles. The summed E-state index contributed by atoms with van der Waals surface area (Å²) in [4.78, 5) is 32.7. The van der Waals surface area contributed by atoms with E-state index in [1.54, 1.807) is 24.3 Å². The molecular weight excluding hydrogens is 504 g/mol. The predicted octanol–water partition coefficient (Wildman–Crippen LogP) is 2.53. The van der Waals surface area contributed by atoms with E-state index in [0.29, 0.717) is 29.0 Å². The number of aryl methyl sites for hydroxylation is 2. The van der Waals surface area contributed by atoms with Gasteiger partial charge in [-0.25, -0.2) is 14.8 Å². The van der Waals surface area contributed by atoms with Crippen molar-refractivity contribution < 1.29 is 34.4 Å². The van der Waals surface area contributed by atoms with Crippen molar-refractivity contribution >= 4 is 28.6 Å². The number of aromatic carboxylic acids is 1. The van der Waals surface area contributed by atoms with Crippen LogP contribution in [0.3, 0.4) is 0 Å². The molecule has 1 aliphatic rings. The Morgan fingerprint density at radius 2 is 1.85 bits per heavy atom. The maximum absolute atomic E-state index is 12.7. The van der Waals surface area contributed by atoms with Gasteiger partial charge in [-0.2, -0.15) is 0 Å². The van der Waals surface area contributed by atoms with E-state index >= 15 is 0 Å². The van der Waals surface area contributed by atoms with Crippen LogP contribution in [0, 0.1) is 6.92 Å². The number of ketones is 1. The molecule has 4 aromatic rings. The molecule has 1 fully saturated rings. The van der Waals surface area contributed by atoms with Crippen molar-refractivity contribution in [1.82, 2.24) is 14.5 Å². The molecule has 39 heavy (non-hydrogen) atoms. The van der Waals surface area contributed by atoms with E-state index < -0.39 is 30.5 Å². The third kappa shape index (κ3) is 5.19. The number of anilines is 1. The second kappa shape index (κ2) is 10.8. The molecule has 0 aliphatic carbocycles. The van der Waals surface area contributed by atoms with Gasteiger partial charge in [-0.3, -0.25) is 9.36 Å². The fourth-order valence-corrected chi connectivity index (χ4v) is 4.67. The lowest BCUT2D eigenvalue weighted by Gasteiger charge is -2.17. The summed E-state index contributed by atoms with van der Waals surface area (Å²) in [5, 5.41) is 30.7. The number of carboxylic acid groups (broad SMARTS) is 1. The molecule has 0 spiro atoms. The lowest BCUT2D eigenvalue weighted by atomic mass is 9.98. The second-order valence-electron chi connectivity index (χ2n) is 9.46. The highest BCUT2D eigenvalue weighted by Crippen LogP contribution is 2.33. The second-order valence-corrected chi connectivity index (χ2v) is 9.46. The van der Waals surface area contributed by atoms with E-state index in [1.165, 1.54) is 29.2 Å². The van der Waals surface area contributed by atoms with Crippen molar-refractivity contribution in [3.8, 4) is 5.75 Å². The van der Waals surface area contributed by atoms with Gasteiger partial charge in [0.25, 0.3) is 0 Å². The summed E-state index contributed by atoms with van der Waals surface area (Å²) < 4.78 is 13.5. The van der Waals surface area contributed by atoms with Gasteiger partial charge in [-0.15, -0.1) is 0 Å². The zero-order valence-electron chi connectivity index (χ0n) is 21.1. The van der Waals surface area contributed by atoms with Crippen molar-refractivity contribution in [2.24, 2.45) is 0 Å². The van der Waals surface area contributed by atoms with E-state index in [0.717, 1.165) is 11.1 Å². The number of carboxylic acids is 1. The third-order valence-corrected chi connectivity index (χ3v) is 6.86. The van der Waals surface area contributed by atoms with E-state index in [-0.39, 0.29) is 29.9 Å². The molecule has 2 aromatic carbocycles. The van der Waals surface area contributed by atoms with Crippen molar-refractivity contribution in [1.29, 1.82) is 0 Å². The Kier molecular flexibility index (Phi) is 7.29. The molecule has 0 amide bonds. The molecular formula is C28H28N4O7. The van der Waals surface area contributed by atoms with Crippen LogP contribution in [0.2, 0.25) is 0 Å². The van der Waals surface area contributed by atoms with Crippen molar-refractivity contribution in [2.75, 3.05) is 12.3 Å². The quantitative estimate of drug-likeness (QED) is 0.235. The van der Waals surface area contributed by atoms with Gasteiger partial charge in [0.2, 0.25) is 0 Å². The molecule has 5 rings (SSSR count). The predicted molar refractivity (Wildman–Crippen MR) is 141 cm³/mol. The monoisotopic (exact) mass is 532 g/mol. The highest BCUT2D eigenvalue weighted by atomic mass is 16.6. The largest absolute Gasteiger partial charge is 0.490 e. The number of nitrogens with two attached hydrogens (primary N) is 1. The molecule has 3 heterocycles. The Labute approximate surface area is 223 Å². The number of ether oxygens (including phenoxy) is 2. The first-order valence-corrected chi connectivity index (χ1v) is 12.4. The summed E-state index contributed by atoms with van der Waals surface area (Å²) in [7, 11) is 0. The first kappa shape index (κ1) is 26.3. The van der Waals surface area contributed by atoms with Crippen LogP contribution in [-0.4, -0.2) is 66.5 Å². The summed E-state index contributed by atoms with van der Waals surface area (Å²) in [6.45, 7) is 1.83. The van der Waals surface area contributed by atoms with Gasteiger partial charge in [0.05, 0.1) is 17.6 Å². The molecule has 0 radical (unpaired) electrons. The van der Waals surface area contributed by atoms with Crippen LogP contribution in [0.5, 0.6) is 5.75 Å². The normalized spacial score (nSPS) is 20.8. The van der Waals surface area contributed by atoms with E-state index in [2.05, 4.69) is 9.97 Å². The number of aliphatic hydroxyl groups is 2. The van der Waals surface area contributed by atoms with Crippen LogP contribution in [-0.2, 0) is 11.2 Å². The average Bonchev–Trinajstić information content (AvgIpc) is 3.48. The molecule has 0 unspecified atom stereocenters. The number of hydrogen-bond donors (Lipinski definition) is 4. The Morgan fingerprint density at radius 3 is 2.62 bits per heavy atom. The van der Waals surface area contributed by atoms with Gasteiger partial charge in [0, 0.05) is 18.2 Å². The minimum Gasteiger partial charge on any atom is -0.490 e. The zero-order valence-corrected chi connectivity index (χ0v) is 21.1. The SMILES string of the molecule is Cc1ccc(CCC(=O)c2ccccc2C(=O)O)cc1OC[C@H]1O[C@@H](n2cnc3c(N)ccnc32)[C@H](O)[C@@H]1O. The maximum atomic E-state index is 12.7. The Hall–Kier alpha value is -4.32. The fourth-order valence-electron chi connectivity index (χ4n) is 4.67.